The van der Waals surface area contributed by atoms with Gasteiger partial charge in [-0.25, -0.2) is 0 Å². The van der Waals surface area contributed by atoms with Crippen LogP contribution < -0.4 is 10.2 Å². The molecule has 3 aliphatic rings. The van der Waals surface area contributed by atoms with Crippen molar-refractivity contribution in [2.24, 2.45) is 5.92 Å². The van der Waals surface area contributed by atoms with Gasteiger partial charge in [-0.3, -0.25) is 19.7 Å². The number of nitrogens with zero attached hydrogens (tertiary/aromatic N) is 3. The van der Waals surface area contributed by atoms with Crippen LogP contribution in [0.25, 0.3) is 0 Å². The van der Waals surface area contributed by atoms with Crippen molar-refractivity contribution < 1.29 is 24.0 Å². The highest BCUT2D eigenvalue weighted by Gasteiger charge is 2.30. The fourth-order valence-corrected chi connectivity index (χ4v) is 4.57. The number of benzene rings is 1. The second kappa shape index (κ2) is 10.3. The molecule has 3 heterocycles. The van der Waals surface area contributed by atoms with Gasteiger partial charge in [0.05, 0.1) is 24.2 Å². The number of ether oxygens (including phenoxy) is 2. The van der Waals surface area contributed by atoms with Crippen LogP contribution in [0.15, 0.2) is 18.2 Å². The summed E-state index contributed by atoms with van der Waals surface area (Å²) in [6.07, 6.45) is 3.38. The van der Waals surface area contributed by atoms with E-state index in [1.165, 1.54) is 6.07 Å². The molecule has 10 heteroatoms. The number of rotatable bonds is 6. The standard InChI is InChI=1S/C22H30N4O6/c27-21(23-15-18-2-1-11-32-18)16-5-7-24(8-6-16)19-4-3-17(14-20(19)26(29)30)22(28)25-9-12-31-13-10-25/h3-4,14,16,18H,1-2,5-13,15H2,(H,23,27). The minimum Gasteiger partial charge on any atom is -0.378 e. The molecule has 0 aromatic heterocycles. The molecule has 2 amide bonds. The maximum Gasteiger partial charge on any atom is 0.293 e. The third-order valence-corrected chi connectivity index (χ3v) is 6.45. The van der Waals surface area contributed by atoms with Crippen LogP contribution in [-0.2, 0) is 14.3 Å². The van der Waals surface area contributed by atoms with Crippen molar-refractivity contribution in [3.05, 3.63) is 33.9 Å². The molecule has 1 atom stereocenters. The van der Waals surface area contributed by atoms with Gasteiger partial charge < -0.3 is 24.6 Å². The van der Waals surface area contributed by atoms with Crippen LogP contribution in [0.4, 0.5) is 11.4 Å². The van der Waals surface area contributed by atoms with Crippen LogP contribution in [0.3, 0.4) is 0 Å². The summed E-state index contributed by atoms with van der Waals surface area (Å²) < 4.78 is 10.8. The highest BCUT2D eigenvalue weighted by molar-refractivity contribution is 5.96. The molecule has 0 aliphatic carbocycles. The summed E-state index contributed by atoms with van der Waals surface area (Å²) in [5.41, 5.74) is 0.725. The number of amides is 2. The Morgan fingerprint density at radius 1 is 1.09 bits per heavy atom. The SMILES string of the molecule is O=C(NCC1CCCO1)C1CCN(c2ccc(C(=O)N3CCOCC3)cc2[N+](=O)[O-])CC1. The Labute approximate surface area is 187 Å². The number of carbonyl (C=O) groups is 2. The summed E-state index contributed by atoms with van der Waals surface area (Å²) in [6.45, 7) is 4.32. The number of hydrogen-bond donors (Lipinski definition) is 1. The number of nitro benzene ring substituents is 1. The lowest BCUT2D eigenvalue weighted by molar-refractivity contribution is -0.384. The van der Waals surface area contributed by atoms with Gasteiger partial charge in [0.2, 0.25) is 5.91 Å². The number of piperidine rings is 1. The summed E-state index contributed by atoms with van der Waals surface area (Å²) >= 11 is 0. The van der Waals surface area contributed by atoms with Gasteiger partial charge in [-0.05, 0) is 37.8 Å². The zero-order valence-corrected chi connectivity index (χ0v) is 18.2. The minimum absolute atomic E-state index is 0.0288. The van der Waals surface area contributed by atoms with E-state index in [9.17, 15) is 19.7 Å². The lowest BCUT2D eigenvalue weighted by atomic mass is 9.95. The Morgan fingerprint density at radius 3 is 2.50 bits per heavy atom. The molecular weight excluding hydrogens is 416 g/mol. The van der Waals surface area contributed by atoms with Crippen molar-refractivity contribution in [1.29, 1.82) is 0 Å². The van der Waals surface area contributed by atoms with Crippen LogP contribution in [-0.4, -0.2) is 80.3 Å². The first-order chi connectivity index (χ1) is 15.5. The van der Waals surface area contributed by atoms with E-state index in [1.54, 1.807) is 17.0 Å². The maximum absolute atomic E-state index is 12.7. The number of carbonyl (C=O) groups excluding carboxylic acids is 2. The van der Waals surface area contributed by atoms with E-state index in [-0.39, 0.29) is 29.5 Å². The fraction of sp³-hybridized carbons (Fsp3) is 0.636. The zero-order valence-electron chi connectivity index (χ0n) is 18.2. The normalized spacial score (nSPS) is 22.1. The van der Waals surface area contributed by atoms with Crippen molar-refractivity contribution in [2.45, 2.75) is 31.8 Å². The van der Waals surface area contributed by atoms with E-state index in [4.69, 9.17) is 9.47 Å². The predicted octanol–water partition coefficient (Wildman–Crippen LogP) is 1.58. The predicted molar refractivity (Wildman–Crippen MR) is 117 cm³/mol. The Kier molecular flexibility index (Phi) is 7.21. The molecule has 0 saturated carbocycles. The third kappa shape index (κ3) is 5.18. The Balaban J connectivity index is 1.37. The van der Waals surface area contributed by atoms with Crippen LogP contribution >= 0.6 is 0 Å². The molecule has 1 aromatic carbocycles. The molecule has 3 saturated heterocycles. The molecular formula is C22H30N4O6. The molecule has 1 N–H and O–H groups in total. The van der Waals surface area contributed by atoms with E-state index >= 15 is 0 Å². The second-order valence-corrected chi connectivity index (χ2v) is 8.51. The Morgan fingerprint density at radius 2 is 1.84 bits per heavy atom. The summed E-state index contributed by atoms with van der Waals surface area (Å²) in [6, 6.07) is 4.68. The molecule has 4 rings (SSSR count). The average Bonchev–Trinajstić information content (AvgIpc) is 3.36. The van der Waals surface area contributed by atoms with Gasteiger partial charge in [-0.1, -0.05) is 0 Å². The monoisotopic (exact) mass is 446 g/mol. The Hall–Kier alpha value is -2.72. The first-order valence-electron chi connectivity index (χ1n) is 11.3. The van der Waals surface area contributed by atoms with Crippen LogP contribution in [0.1, 0.15) is 36.0 Å². The van der Waals surface area contributed by atoms with Gasteiger partial charge >= 0.3 is 0 Å². The number of hydrogen-bond acceptors (Lipinski definition) is 7. The topological polar surface area (TPSA) is 114 Å². The molecule has 0 spiro atoms. The van der Waals surface area contributed by atoms with E-state index < -0.39 is 4.92 Å². The van der Waals surface area contributed by atoms with Crippen LogP contribution in [0.2, 0.25) is 0 Å². The summed E-state index contributed by atoms with van der Waals surface area (Å²) in [5.74, 6) is -0.292. The molecule has 3 fully saturated rings. The maximum atomic E-state index is 12.7. The molecule has 174 valence electrons. The van der Waals surface area contributed by atoms with E-state index in [2.05, 4.69) is 5.32 Å². The lowest BCUT2D eigenvalue weighted by Crippen LogP contribution is -2.42. The van der Waals surface area contributed by atoms with Crippen molar-refractivity contribution in [1.82, 2.24) is 10.2 Å². The highest BCUT2D eigenvalue weighted by atomic mass is 16.6. The first-order valence-corrected chi connectivity index (χ1v) is 11.3. The lowest BCUT2D eigenvalue weighted by Gasteiger charge is -2.33. The van der Waals surface area contributed by atoms with Gasteiger partial charge in [-0.15, -0.1) is 0 Å². The van der Waals surface area contributed by atoms with E-state index in [1.807, 2.05) is 4.90 Å². The summed E-state index contributed by atoms with van der Waals surface area (Å²) in [4.78, 5) is 40.1. The number of nitrogens with one attached hydrogen (secondary N) is 1. The number of nitro groups is 1. The van der Waals surface area contributed by atoms with Crippen molar-refractivity contribution in [3.8, 4) is 0 Å². The Bertz CT molecular complexity index is 843. The molecule has 3 aliphatic heterocycles. The van der Waals surface area contributed by atoms with Gasteiger partial charge in [-0.2, -0.15) is 0 Å². The quantitative estimate of drug-likeness (QED) is 0.521. The van der Waals surface area contributed by atoms with Crippen molar-refractivity contribution >= 4 is 23.2 Å². The molecule has 32 heavy (non-hydrogen) atoms. The van der Waals surface area contributed by atoms with Crippen molar-refractivity contribution in [2.75, 3.05) is 57.4 Å². The minimum atomic E-state index is -0.439. The van der Waals surface area contributed by atoms with Crippen molar-refractivity contribution in [3.63, 3.8) is 0 Å². The van der Waals surface area contributed by atoms with Gasteiger partial charge in [0.25, 0.3) is 11.6 Å². The summed E-state index contributed by atoms with van der Waals surface area (Å²) in [5, 5.41) is 14.7. The fourth-order valence-electron chi connectivity index (χ4n) is 4.57. The summed E-state index contributed by atoms with van der Waals surface area (Å²) in [7, 11) is 0. The first kappa shape index (κ1) is 22.5. The zero-order chi connectivity index (χ0) is 22.5. The highest BCUT2D eigenvalue weighted by Crippen LogP contribution is 2.33. The number of morpholine rings is 1. The third-order valence-electron chi connectivity index (χ3n) is 6.45. The van der Waals surface area contributed by atoms with Crippen LogP contribution in [0.5, 0.6) is 0 Å². The molecule has 1 unspecified atom stereocenters. The molecule has 0 radical (unpaired) electrons. The molecule has 10 nitrogen and oxygen atoms in total. The van der Waals surface area contributed by atoms with E-state index in [0.717, 1.165) is 19.4 Å². The van der Waals surface area contributed by atoms with E-state index in [0.29, 0.717) is 70.0 Å². The smallest absolute Gasteiger partial charge is 0.293 e. The molecule has 1 aromatic rings. The van der Waals surface area contributed by atoms with Gasteiger partial charge in [0, 0.05) is 56.9 Å². The molecule has 0 bridgehead atoms. The largest absolute Gasteiger partial charge is 0.378 e. The second-order valence-electron chi connectivity index (χ2n) is 8.51. The van der Waals surface area contributed by atoms with Gasteiger partial charge in [0.1, 0.15) is 5.69 Å². The van der Waals surface area contributed by atoms with Gasteiger partial charge in [0.15, 0.2) is 0 Å². The van der Waals surface area contributed by atoms with Crippen LogP contribution in [0, 0.1) is 16.0 Å². The average molecular weight is 447 g/mol. The number of anilines is 1.